The number of halogens is 1. The van der Waals surface area contributed by atoms with E-state index < -0.39 is 0 Å². The summed E-state index contributed by atoms with van der Waals surface area (Å²) in [6.07, 6.45) is 0. The fourth-order valence-corrected chi connectivity index (χ4v) is 4.55. The van der Waals surface area contributed by atoms with Crippen LogP contribution in [0.15, 0.2) is 77.7 Å². The number of thioether (sulfide) groups is 1. The summed E-state index contributed by atoms with van der Waals surface area (Å²) < 4.78 is 14.0. The van der Waals surface area contributed by atoms with E-state index in [-0.39, 0.29) is 22.9 Å². The molecular formula is C23H18FN3O2S2. The lowest BCUT2D eigenvalue weighted by Crippen LogP contribution is -2.22. The number of para-hydroxylation sites is 1. The minimum absolute atomic E-state index is 0.127. The van der Waals surface area contributed by atoms with Crippen molar-refractivity contribution in [2.24, 2.45) is 0 Å². The molecule has 8 heteroatoms. The number of nitrogens with zero attached hydrogens (tertiary/aromatic N) is 1. The first-order valence-electron chi connectivity index (χ1n) is 9.48. The van der Waals surface area contributed by atoms with Gasteiger partial charge in [-0.2, -0.15) is 0 Å². The van der Waals surface area contributed by atoms with Crippen LogP contribution in [0.3, 0.4) is 0 Å². The molecule has 1 heterocycles. The van der Waals surface area contributed by atoms with Crippen molar-refractivity contribution in [2.45, 2.75) is 17.1 Å². The number of rotatable bonds is 6. The highest BCUT2D eigenvalue weighted by atomic mass is 32.2. The number of hydrogen-bond donors (Lipinski definition) is 2. The Bertz CT molecular complexity index is 1190. The molecule has 0 aliphatic carbocycles. The summed E-state index contributed by atoms with van der Waals surface area (Å²) in [4.78, 5) is 30.1. The molecule has 31 heavy (non-hydrogen) atoms. The molecule has 0 bridgehead atoms. The van der Waals surface area contributed by atoms with Crippen molar-refractivity contribution in [3.63, 3.8) is 0 Å². The summed E-state index contributed by atoms with van der Waals surface area (Å²) in [6.45, 7) is 1.83. The van der Waals surface area contributed by atoms with E-state index in [1.165, 1.54) is 47.4 Å². The molecule has 0 aliphatic heterocycles. The molecule has 2 N–H and O–H groups in total. The number of anilines is 2. The van der Waals surface area contributed by atoms with E-state index in [1.54, 1.807) is 12.1 Å². The van der Waals surface area contributed by atoms with Crippen LogP contribution >= 0.6 is 23.1 Å². The molecule has 0 saturated carbocycles. The third kappa shape index (κ3) is 5.28. The molecule has 1 aromatic heterocycles. The molecule has 1 unspecified atom stereocenters. The van der Waals surface area contributed by atoms with Crippen molar-refractivity contribution < 1.29 is 14.0 Å². The van der Waals surface area contributed by atoms with Crippen LogP contribution in [0, 0.1) is 5.82 Å². The van der Waals surface area contributed by atoms with E-state index in [1.807, 2.05) is 43.3 Å². The summed E-state index contributed by atoms with van der Waals surface area (Å²) >= 11 is 2.86. The van der Waals surface area contributed by atoms with Gasteiger partial charge >= 0.3 is 0 Å². The van der Waals surface area contributed by atoms with Crippen LogP contribution in [-0.4, -0.2) is 22.0 Å². The quantitative estimate of drug-likeness (QED) is 0.363. The van der Waals surface area contributed by atoms with Crippen LogP contribution in [-0.2, 0) is 4.79 Å². The third-order valence-electron chi connectivity index (χ3n) is 4.42. The third-order valence-corrected chi connectivity index (χ3v) is 6.49. The highest BCUT2D eigenvalue weighted by molar-refractivity contribution is 8.00. The number of thiazole rings is 1. The SMILES string of the molecule is CC(Sc1ccc(NC(=O)c2ccc(F)cc2)cc1)C(=O)Nc1nc2ccccc2s1. The van der Waals surface area contributed by atoms with E-state index >= 15 is 0 Å². The van der Waals surface area contributed by atoms with E-state index in [0.717, 1.165) is 15.1 Å². The Morgan fingerprint density at radius 1 is 0.968 bits per heavy atom. The molecule has 4 rings (SSSR count). The molecule has 156 valence electrons. The lowest BCUT2D eigenvalue weighted by atomic mass is 10.2. The van der Waals surface area contributed by atoms with Crippen molar-refractivity contribution >= 4 is 55.9 Å². The maximum Gasteiger partial charge on any atom is 0.255 e. The van der Waals surface area contributed by atoms with Crippen molar-refractivity contribution in [3.8, 4) is 0 Å². The van der Waals surface area contributed by atoms with Crippen LogP contribution in [0.4, 0.5) is 15.2 Å². The molecule has 2 amide bonds. The summed E-state index contributed by atoms with van der Waals surface area (Å²) in [6, 6.07) is 20.3. The number of aromatic nitrogens is 1. The average molecular weight is 452 g/mol. The Balaban J connectivity index is 1.33. The first kappa shape index (κ1) is 21.0. The number of carbonyl (C=O) groups is 2. The second-order valence-corrected chi connectivity index (χ2v) is 9.17. The van der Waals surface area contributed by atoms with Crippen molar-refractivity contribution in [1.29, 1.82) is 0 Å². The van der Waals surface area contributed by atoms with Crippen LogP contribution in [0.2, 0.25) is 0 Å². The maximum absolute atomic E-state index is 13.0. The molecule has 4 aromatic rings. The Morgan fingerprint density at radius 3 is 2.39 bits per heavy atom. The molecule has 0 saturated heterocycles. The lowest BCUT2D eigenvalue weighted by Gasteiger charge is -2.11. The van der Waals surface area contributed by atoms with Gasteiger partial charge in [-0.3, -0.25) is 9.59 Å². The smallest absolute Gasteiger partial charge is 0.255 e. The largest absolute Gasteiger partial charge is 0.322 e. The van der Waals surface area contributed by atoms with Crippen LogP contribution < -0.4 is 10.6 Å². The van der Waals surface area contributed by atoms with Crippen LogP contribution in [0.25, 0.3) is 10.2 Å². The van der Waals surface area contributed by atoms with Crippen molar-refractivity contribution in [1.82, 2.24) is 4.98 Å². The van der Waals surface area contributed by atoms with E-state index in [0.29, 0.717) is 16.4 Å². The van der Waals surface area contributed by atoms with Gasteiger partial charge in [-0.1, -0.05) is 23.5 Å². The second kappa shape index (κ2) is 9.28. The van der Waals surface area contributed by atoms with Gasteiger partial charge < -0.3 is 10.6 Å². The van der Waals surface area contributed by atoms with Crippen molar-refractivity contribution in [2.75, 3.05) is 10.6 Å². The number of benzene rings is 3. The minimum atomic E-state index is -0.390. The lowest BCUT2D eigenvalue weighted by molar-refractivity contribution is -0.115. The molecule has 0 aliphatic rings. The zero-order valence-electron chi connectivity index (χ0n) is 16.5. The Labute approximate surface area is 186 Å². The van der Waals surface area contributed by atoms with Gasteiger partial charge in [0.05, 0.1) is 15.5 Å². The Hall–Kier alpha value is -3.23. The summed E-state index contributed by atoms with van der Waals surface area (Å²) in [5.74, 6) is -0.832. The number of carbonyl (C=O) groups excluding carboxylic acids is 2. The predicted octanol–water partition coefficient (Wildman–Crippen LogP) is 5.81. The van der Waals surface area contributed by atoms with Gasteiger partial charge in [-0.05, 0) is 67.6 Å². The number of hydrogen-bond acceptors (Lipinski definition) is 5. The number of fused-ring (bicyclic) bond motifs is 1. The Morgan fingerprint density at radius 2 is 1.68 bits per heavy atom. The zero-order valence-corrected chi connectivity index (χ0v) is 18.1. The fraction of sp³-hybridized carbons (Fsp3) is 0.0870. The molecule has 0 radical (unpaired) electrons. The molecular weight excluding hydrogens is 433 g/mol. The molecule has 1 atom stereocenters. The van der Waals surface area contributed by atoms with E-state index in [9.17, 15) is 14.0 Å². The normalized spacial score (nSPS) is 11.8. The minimum Gasteiger partial charge on any atom is -0.322 e. The van der Waals surface area contributed by atoms with Gasteiger partial charge in [-0.15, -0.1) is 11.8 Å². The Kier molecular flexibility index (Phi) is 6.29. The summed E-state index contributed by atoms with van der Waals surface area (Å²) in [5, 5.41) is 5.90. The number of amides is 2. The zero-order chi connectivity index (χ0) is 21.8. The predicted molar refractivity (Wildman–Crippen MR) is 124 cm³/mol. The highest BCUT2D eigenvalue weighted by Gasteiger charge is 2.16. The van der Waals surface area contributed by atoms with Crippen molar-refractivity contribution in [3.05, 3.63) is 84.2 Å². The fourth-order valence-electron chi connectivity index (χ4n) is 2.81. The second-order valence-electron chi connectivity index (χ2n) is 6.72. The monoisotopic (exact) mass is 451 g/mol. The van der Waals surface area contributed by atoms with Gasteiger partial charge in [0, 0.05) is 16.1 Å². The summed E-state index contributed by atoms with van der Waals surface area (Å²) in [7, 11) is 0. The standard InChI is InChI=1S/C23H18FN3O2S2/c1-14(21(28)27-23-26-19-4-2-3-5-20(19)31-23)30-18-12-10-17(11-13-18)25-22(29)15-6-8-16(24)9-7-15/h2-14H,1H3,(H,25,29)(H,26,27,28). The van der Waals surface area contributed by atoms with E-state index in [2.05, 4.69) is 15.6 Å². The van der Waals surface area contributed by atoms with Gasteiger partial charge in [-0.25, -0.2) is 9.37 Å². The first-order chi connectivity index (χ1) is 15.0. The number of nitrogens with one attached hydrogen (secondary N) is 2. The van der Waals surface area contributed by atoms with Gasteiger partial charge in [0.2, 0.25) is 5.91 Å². The molecule has 0 spiro atoms. The van der Waals surface area contributed by atoms with Crippen LogP contribution in [0.1, 0.15) is 17.3 Å². The molecule has 5 nitrogen and oxygen atoms in total. The average Bonchev–Trinajstić information content (AvgIpc) is 3.17. The van der Waals surface area contributed by atoms with Gasteiger partial charge in [0.15, 0.2) is 5.13 Å². The molecule has 0 fully saturated rings. The molecule has 3 aromatic carbocycles. The van der Waals surface area contributed by atoms with E-state index in [4.69, 9.17) is 0 Å². The highest BCUT2D eigenvalue weighted by Crippen LogP contribution is 2.28. The van der Waals surface area contributed by atoms with Crippen LogP contribution in [0.5, 0.6) is 0 Å². The first-order valence-corrected chi connectivity index (χ1v) is 11.2. The maximum atomic E-state index is 13.0. The topological polar surface area (TPSA) is 71.1 Å². The van der Waals surface area contributed by atoms with Gasteiger partial charge in [0.25, 0.3) is 5.91 Å². The van der Waals surface area contributed by atoms with Gasteiger partial charge in [0.1, 0.15) is 5.82 Å². The summed E-state index contributed by atoms with van der Waals surface area (Å²) in [5.41, 5.74) is 1.85.